The van der Waals surface area contributed by atoms with Gasteiger partial charge in [0.05, 0.1) is 16.4 Å². The molecular formula is C16H14ClF3N2O3. The van der Waals surface area contributed by atoms with Crippen LogP contribution in [0.2, 0.25) is 0 Å². The predicted molar refractivity (Wildman–Crippen MR) is 88.6 cm³/mol. The summed E-state index contributed by atoms with van der Waals surface area (Å²) in [6.45, 7) is 1.80. The fourth-order valence-electron chi connectivity index (χ4n) is 2.00. The minimum absolute atomic E-state index is 0.0409. The number of nitro groups is 1. The van der Waals surface area contributed by atoms with E-state index >= 15 is 0 Å². The third-order valence-corrected chi connectivity index (χ3v) is 3.64. The van der Waals surface area contributed by atoms with E-state index in [4.69, 9.17) is 16.3 Å². The van der Waals surface area contributed by atoms with E-state index in [1.54, 1.807) is 31.2 Å². The van der Waals surface area contributed by atoms with Gasteiger partial charge in [0.1, 0.15) is 17.5 Å². The van der Waals surface area contributed by atoms with Crippen molar-refractivity contribution in [2.24, 2.45) is 0 Å². The van der Waals surface area contributed by atoms with Crippen molar-refractivity contribution >= 4 is 28.7 Å². The lowest BCUT2D eigenvalue weighted by Gasteiger charge is -2.13. The molecule has 0 saturated carbocycles. The van der Waals surface area contributed by atoms with E-state index < -0.39 is 22.4 Å². The topological polar surface area (TPSA) is 64.4 Å². The molecule has 134 valence electrons. The number of nitrogens with one attached hydrogen (secondary N) is 1. The van der Waals surface area contributed by atoms with Crippen LogP contribution in [-0.4, -0.2) is 16.9 Å². The van der Waals surface area contributed by atoms with Crippen LogP contribution in [0.4, 0.5) is 30.2 Å². The second-order valence-corrected chi connectivity index (χ2v) is 5.53. The SMILES string of the molecule is CC(CCl)Oc1ccc(Nc2ccc(C(F)(F)F)cc2[N+](=O)[O-])cc1. The molecule has 2 aromatic carbocycles. The van der Waals surface area contributed by atoms with Crippen molar-refractivity contribution in [2.45, 2.75) is 19.2 Å². The van der Waals surface area contributed by atoms with Gasteiger partial charge in [-0.15, -0.1) is 11.6 Å². The Morgan fingerprint density at radius 2 is 1.88 bits per heavy atom. The van der Waals surface area contributed by atoms with Gasteiger partial charge in [-0.1, -0.05) is 0 Å². The number of alkyl halides is 4. The molecule has 0 aromatic heterocycles. The highest BCUT2D eigenvalue weighted by Crippen LogP contribution is 2.36. The van der Waals surface area contributed by atoms with Gasteiger partial charge in [0.15, 0.2) is 0 Å². The Morgan fingerprint density at radius 3 is 2.40 bits per heavy atom. The van der Waals surface area contributed by atoms with Gasteiger partial charge in [0.2, 0.25) is 0 Å². The van der Waals surface area contributed by atoms with Crippen LogP contribution >= 0.6 is 11.6 Å². The van der Waals surface area contributed by atoms with Gasteiger partial charge >= 0.3 is 6.18 Å². The first-order valence-corrected chi connectivity index (χ1v) is 7.69. The molecule has 25 heavy (non-hydrogen) atoms. The van der Waals surface area contributed by atoms with E-state index in [0.717, 1.165) is 12.1 Å². The Morgan fingerprint density at radius 1 is 1.24 bits per heavy atom. The van der Waals surface area contributed by atoms with E-state index in [1.165, 1.54) is 0 Å². The predicted octanol–water partition coefficient (Wildman–Crippen LogP) is 5.36. The van der Waals surface area contributed by atoms with Gasteiger partial charge in [-0.3, -0.25) is 10.1 Å². The van der Waals surface area contributed by atoms with Crippen LogP contribution in [0.1, 0.15) is 12.5 Å². The fourth-order valence-corrected chi connectivity index (χ4v) is 2.06. The van der Waals surface area contributed by atoms with Crippen LogP contribution < -0.4 is 10.1 Å². The summed E-state index contributed by atoms with van der Waals surface area (Å²) in [4.78, 5) is 10.2. The molecule has 0 spiro atoms. The lowest BCUT2D eigenvalue weighted by atomic mass is 10.1. The molecular weight excluding hydrogens is 361 g/mol. The second-order valence-electron chi connectivity index (χ2n) is 5.22. The second kappa shape index (κ2) is 7.60. The highest BCUT2D eigenvalue weighted by atomic mass is 35.5. The number of hydrogen-bond acceptors (Lipinski definition) is 4. The van der Waals surface area contributed by atoms with Gasteiger partial charge in [-0.2, -0.15) is 13.2 Å². The standard InChI is InChI=1S/C16H14ClF3N2O3/c1-10(9-17)25-13-5-3-12(4-6-13)21-14-7-2-11(16(18,19)20)8-15(14)22(23)24/h2-8,10,21H,9H2,1H3. The van der Waals surface area contributed by atoms with E-state index in [1.807, 2.05) is 0 Å². The molecule has 0 aliphatic rings. The monoisotopic (exact) mass is 374 g/mol. The zero-order valence-corrected chi connectivity index (χ0v) is 13.8. The number of ether oxygens (including phenoxy) is 1. The molecule has 0 aliphatic carbocycles. The minimum Gasteiger partial charge on any atom is -0.489 e. The van der Waals surface area contributed by atoms with Crippen molar-refractivity contribution in [2.75, 3.05) is 11.2 Å². The van der Waals surface area contributed by atoms with E-state index in [-0.39, 0.29) is 11.8 Å². The number of benzene rings is 2. The molecule has 2 rings (SSSR count). The first-order chi connectivity index (χ1) is 11.7. The third kappa shape index (κ3) is 4.99. The number of rotatable bonds is 6. The number of nitro benzene ring substituents is 1. The zero-order valence-electron chi connectivity index (χ0n) is 13.0. The van der Waals surface area contributed by atoms with E-state index in [2.05, 4.69) is 5.32 Å². The molecule has 9 heteroatoms. The lowest BCUT2D eigenvalue weighted by molar-refractivity contribution is -0.384. The average molecular weight is 375 g/mol. The maximum absolute atomic E-state index is 12.7. The third-order valence-electron chi connectivity index (χ3n) is 3.21. The quantitative estimate of drug-likeness (QED) is 0.420. The first-order valence-electron chi connectivity index (χ1n) is 7.16. The van der Waals surface area contributed by atoms with Gasteiger partial charge in [0.25, 0.3) is 5.69 Å². The van der Waals surface area contributed by atoms with Gasteiger partial charge in [0, 0.05) is 11.8 Å². The molecule has 0 bridgehead atoms. The van der Waals surface area contributed by atoms with Crippen molar-refractivity contribution in [3.05, 3.63) is 58.1 Å². The Bertz CT molecular complexity index is 751. The smallest absolute Gasteiger partial charge is 0.416 e. The normalized spacial score (nSPS) is 12.5. The molecule has 1 atom stereocenters. The van der Waals surface area contributed by atoms with Crippen LogP contribution in [0.5, 0.6) is 5.75 Å². The molecule has 0 amide bonds. The molecule has 5 nitrogen and oxygen atoms in total. The summed E-state index contributed by atoms with van der Waals surface area (Å²) in [7, 11) is 0. The minimum atomic E-state index is -4.65. The number of hydrogen-bond donors (Lipinski definition) is 1. The summed E-state index contributed by atoms with van der Waals surface area (Å²) in [5, 5.41) is 13.8. The molecule has 1 unspecified atom stereocenters. The first kappa shape index (κ1) is 18.9. The van der Waals surface area contributed by atoms with Crippen LogP contribution in [0.25, 0.3) is 0 Å². The zero-order chi connectivity index (χ0) is 18.6. The van der Waals surface area contributed by atoms with Gasteiger partial charge in [-0.05, 0) is 43.3 Å². The molecule has 0 fully saturated rings. The van der Waals surface area contributed by atoms with Crippen LogP contribution in [0, 0.1) is 10.1 Å². The molecule has 0 aliphatic heterocycles. The van der Waals surface area contributed by atoms with Crippen molar-refractivity contribution in [1.82, 2.24) is 0 Å². The number of nitrogens with zero attached hydrogens (tertiary/aromatic N) is 1. The average Bonchev–Trinajstić information content (AvgIpc) is 2.55. The van der Waals surface area contributed by atoms with Crippen LogP contribution in [0.3, 0.4) is 0 Å². The Kier molecular flexibility index (Phi) is 5.73. The van der Waals surface area contributed by atoms with Crippen molar-refractivity contribution in [1.29, 1.82) is 0 Å². The maximum Gasteiger partial charge on any atom is 0.416 e. The van der Waals surface area contributed by atoms with E-state index in [0.29, 0.717) is 23.4 Å². The fraction of sp³-hybridized carbons (Fsp3) is 0.250. The Hall–Kier alpha value is -2.48. The molecule has 1 N–H and O–H groups in total. The summed E-state index contributed by atoms with van der Waals surface area (Å²) in [6, 6.07) is 8.76. The van der Waals surface area contributed by atoms with Crippen molar-refractivity contribution in [3.63, 3.8) is 0 Å². The van der Waals surface area contributed by atoms with Gasteiger partial charge in [-0.25, -0.2) is 0 Å². The van der Waals surface area contributed by atoms with Crippen molar-refractivity contribution < 1.29 is 22.8 Å². The molecule has 0 heterocycles. The Balaban J connectivity index is 2.23. The van der Waals surface area contributed by atoms with Crippen LogP contribution in [0.15, 0.2) is 42.5 Å². The van der Waals surface area contributed by atoms with E-state index in [9.17, 15) is 23.3 Å². The molecule has 0 radical (unpaired) electrons. The largest absolute Gasteiger partial charge is 0.489 e. The highest BCUT2D eigenvalue weighted by molar-refractivity contribution is 6.18. The van der Waals surface area contributed by atoms with Crippen LogP contribution in [-0.2, 0) is 6.18 Å². The lowest BCUT2D eigenvalue weighted by Crippen LogP contribution is -2.12. The summed E-state index contributed by atoms with van der Waals surface area (Å²) >= 11 is 5.65. The highest BCUT2D eigenvalue weighted by Gasteiger charge is 2.33. The number of halogens is 4. The van der Waals surface area contributed by atoms with Crippen molar-refractivity contribution in [3.8, 4) is 5.75 Å². The van der Waals surface area contributed by atoms with Gasteiger partial charge < -0.3 is 10.1 Å². The summed E-state index contributed by atoms with van der Waals surface area (Å²) in [5.74, 6) is 0.873. The maximum atomic E-state index is 12.7. The molecule has 0 saturated heterocycles. The summed E-state index contributed by atoms with van der Waals surface area (Å²) in [6.07, 6.45) is -4.84. The molecule has 2 aromatic rings. The summed E-state index contributed by atoms with van der Waals surface area (Å²) in [5.41, 5.74) is -1.32. The summed E-state index contributed by atoms with van der Waals surface area (Å²) < 4.78 is 43.6. The number of anilines is 2. The Labute approximate surface area is 146 Å².